The van der Waals surface area contributed by atoms with Crippen LogP contribution in [0.3, 0.4) is 0 Å². The fourth-order valence-corrected chi connectivity index (χ4v) is 2.03. The normalized spacial score (nSPS) is 13.3. The van der Waals surface area contributed by atoms with E-state index >= 15 is 0 Å². The molecule has 0 spiro atoms. The van der Waals surface area contributed by atoms with Crippen molar-refractivity contribution in [1.82, 2.24) is 0 Å². The summed E-state index contributed by atoms with van der Waals surface area (Å²) in [7, 11) is -4.38. The molecule has 0 radical (unpaired) electrons. The Balaban J connectivity index is 4.67. The Labute approximate surface area is 75.9 Å². The lowest BCUT2D eigenvalue weighted by Crippen LogP contribution is -2.29. The predicted molar refractivity (Wildman–Crippen MR) is 44.9 cm³/mol. The molecule has 0 aromatic heterocycles. The van der Waals surface area contributed by atoms with Crippen LogP contribution in [-0.4, -0.2) is 25.4 Å². The van der Waals surface area contributed by atoms with Crippen molar-refractivity contribution in [2.45, 2.75) is 19.5 Å². The summed E-state index contributed by atoms with van der Waals surface area (Å²) < 4.78 is 46.1. The standard InChI is InChI=1S/C6H14F2NO3P/c1-3-11-13(10,12-4-2)6(7,8)5-9/h3-5,9H2,1-2H3. The van der Waals surface area contributed by atoms with E-state index in [0.29, 0.717) is 0 Å². The lowest BCUT2D eigenvalue weighted by molar-refractivity contribution is 0.0466. The summed E-state index contributed by atoms with van der Waals surface area (Å²) in [4.78, 5) is 0. The van der Waals surface area contributed by atoms with Crippen LogP contribution in [0.5, 0.6) is 0 Å². The smallest absolute Gasteiger partial charge is 0.325 e. The molecular weight excluding hydrogens is 203 g/mol. The molecule has 13 heavy (non-hydrogen) atoms. The zero-order valence-corrected chi connectivity index (χ0v) is 8.52. The Morgan fingerprint density at radius 2 is 1.69 bits per heavy atom. The number of rotatable bonds is 6. The first kappa shape index (κ1) is 13.0. The molecule has 0 aliphatic carbocycles. The third-order valence-electron chi connectivity index (χ3n) is 1.24. The summed E-state index contributed by atoms with van der Waals surface area (Å²) in [6, 6.07) is 0. The number of nitrogens with two attached hydrogens (primary N) is 1. The van der Waals surface area contributed by atoms with Crippen molar-refractivity contribution in [2.75, 3.05) is 19.8 Å². The zero-order valence-electron chi connectivity index (χ0n) is 7.63. The van der Waals surface area contributed by atoms with Gasteiger partial charge in [-0.05, 0) is 13.8 Å². The first-order chi connectivity index (χ1) is 5.93. The first-order valence-corrected chi connectivity index (χ1v) is 5.45. The molecule has 7 heteroatoms. The maximum atomic E-state index is 12.9. The van der Waals surface area contributed by atoms with E-state index in [1.807, 2.05) is 0 Å². The predicted octanol–water partition coefficient (Wildman–Crippen LogP) is 1.80. The summed E-state index contributed by atoms with van der Waals surface area (Å²) in [5.41, 5.74) is 1.16. The van der Waals surface area contributed by atoms with E-state index in [2.05, 4.69) is 9.05 Å². The minimum Gasteiger partial charge on any atom is -0.325 e. The molecule has 80 valence electrons. The van der Waals surface area contributed by atoms with Gasteiger partial charge in [0, 0.05) is 0 Å². The first-order valence-electron chi connectivity index (χ1n) is 3.90. The van der Waals surface area contributed by atoms with Crippen LogP contribution in [0.2, 0.25) is 0 Å². The van der Waals surface area contributed by atoms with Gasteiger partial charge in [-0.25, -0.2) is 0 Å². The quantitative estimate of drug-likeness (QED) is 0.689. The van der Waals surface area contributed by atoms with Crippen LogP contribution in [0.1, 0.15) is 13.8 Å². The molecule has 0 unspecified atom stereocenters. The van der Waals surface area contributed by atoms with Gasteiger partial charge in [0.25, 0.3) is 0 Å². The summed E-state index contributed by atoms with van der Waals surface area (Å²) in [5.74, 6) is 0. The van der Waals surface area contributed by atoms with E-state index in [-0.39, 0.29) is 13.2 Å². The van der Waals surface area contributed by atoms with Crippen molar-refractivity contribution >= 4 is 7.60 Å². The molecule has 0 fully saturated rings. The second-order valence-corrected chi connectivity index (χ2v) is 4.37. The minimum atomic E-state index is -4.38. The second kappa shape index (κ2) is 5.00. The Kier molecular flexibility index (Phi) is 4.99. The molecule has 0 aliphatic heterocycles. The van der Waals surface area contributed by atoms with Crippen molar-refractivity contribution in [3.63, 3.8) is 0 Å². The van der Waals surface area contributed by atoms with Gasteiger partial charge < -0.3 is 14.8 Å². The van der Waals surface area contributed by atoms with Crippen molar-refractivity contribution in [2.24, 2.45) is 5.73 Å². The van der Waals surface area contributed by atoms with E-state index < -0.39 is 19.8 Å². The highest BCUT2D eigenvalue weighted by atomic mass is 31.2. The van der Waals surface area contributed by atoms with Gasteiger partial charge in [-0.15, -0.1) is 0 Å². The van der Waals surface area contributed by atoms with Gasteiger partial charge >= 0.3 is 13.3 Å². The average molecular weight is 217 g/mol. The minimum absolute atomic E-state index is 0.104. The number of alkyl halides is 2. The van der Waals surface area contributed by atoms with E-state index in [4.69, 9.17) is 5.73 Å². The Hall–Kier alpha value is -0.0300. The maximum Gasteiger partial charge on any atom is 0.400 e. The lowest BCUT2D eigenvalue weighted by atomic mass is 10.7. The van der Waals surface area contributed by atoms with Gasteiger partial charge in [0.1, 0.15) is 0 Å². The lowest BCUT2D eigenvalue weighted by Gasteiger charge is -2.24. The maximum absolute atomic E-state index is 12.9. The molecule has 2 N–H and O–H groups in total. The SMILES string of the molecule is CCOP(=O)(OCC)C(F)(F)CN. The van der Waals surface area contributed by atoms with Gasteiger partial charge in [0.05, 0.1) is 19.8 Å². The highest BCUT2D eigenvalue weighted by Crippen LogP contribution is 2.61. The molecular formula is C6H14F2NO3P. The summed E-state index contributed by atoms with van der Waals surface area (Å²) in [5, 5.41) is 0. The Morgan fingerprint density at radius 3 is 1.92 bits per heavy atom. The summed E-state index contributed by atoms with van der Waals surface area (Å²) in [6.07, 6.45) is 0. The van der Waals surface area contributed by atoms with Gasteiger partial charge in [-0.1, -0.05) is 0 Å². The van der Waals surface area contributed by atoms with E-state index in [1.165, 1.54) is 13.8 Å². The van der Waals surface area contributed by atoms with Gasteiger partial charge in [-0.2, -0.15) is 8.78 Å². The van der Waals surface area contributed by atoms with Crippen LogP contribution >= 0.6 is 7.60 Å². The van der Waals surface area contributed by atoms with Crippen LogP contribution in [0.4, 0.5) is 8.78 Å². The topological polar surface area (TPSA) is 61.5 Å². The molecule has 0 bridgehead atoms. The molecule has 0 aromatic carbocycles. The molecule has 0 atom stereocenters. The van der Waals surface area contributed by atoms with Crippen LogP contribution in [0.15, 0.2) is 0 Å². The third kappa shape index (κ3) is 2.98. The fraction of sp³-hybridized carbons (Fsp3) is 1.00. The number of halogens is 2. The molecule has 0 heterocycles. The zero-order chi connectivity index (χ0) is 10.5. The highest BCUT2D eigenvalue weighted by Gasteiger charge is 2.52. The Bertz CT molecular complexity index is 190. The summed E-state index contributed by atoms with van der Waals surface area (Å²) in [6.45, 7) is 1.65. The van der Waals surface area contributed by atoms with Gasteiger partial charge in [0.2, 0.25) is 0 Å². The van der Waals surface area contributed by atoms with Crippen molar-refractivity contribution < 1.29 is 22.4 Å². The molecule has 0 rings (SSSR count). The van der Waals surface area contributed by atoms with Crippen molar-refractivity contribution in [3.8, 4) is 0 Å². The fourth-order valence-electron chi connectivity index (χ4n) is 0.678. The Morgan fingerprint density at radius 1 is 1.31 bits per heavy atom. The van der Waals surface area contributed by atoms with Crippen LogP contribution in [-0.2, 0) is 13.6 Å². The van der Waals surface area contributed by atoms with Crippen molar-refractivity contribution in [1.29, 1.82) is 0 Å². The van der Waals surface area contributed by atoms with Crippen LogP contribution in [0, 0.1) is 0 Å². The molecule has 0 saturated carbocycles. The third-order valence-corrected chi connectivity index (χ3v) is 3.42. The second-order valence-electron chi connectivity index (χ2n) is 2.20. The largest absolute Gasteiger partial charge is 0.400 e. The van der Waals surface area contributed by atoms with E-state index in [0.717, 1.165) is 0 Å². The number of hydrogen-bond donors (Lipinski definition) is 1. The van der Waals surface area contributed by atoms with Crippen LogP contribution < -0.4 is 5.73 Å². The van der Waals surface area contributed by atoms with E-state index in [9.17, 15) is 13.3 Å². The summed E-state index contributed by atoms with van der Waals surface area (Å²) >= 11 is 0. The molecule has 0 amide bonds. The molecule has 0 aromatic rings. The van der Waals surface area contributed by atoms with Crippen LogP contribution in [0.25, 0.3) is 0 Å². The molecule has 4 nitrogen and oxygen atoms in total. The van der Waals surface area contributed by atoms with E-state index in [1.54, 1.807) is 0 Å². The average Bonchev–Trinajstić information content (AvgIpc) is 2.05. The van der Waals surface area contributed by atoms with Gasteiger partial charge in [0.15, 0.2) is 0 Å². The highest BCUT2D eigenvalue weighted by molar-refractivity contribution is 7.55. The molecule has 0 aliphatic rings. The van der Waals surface area contributed by atoms with Gasteiger partial charge in [-0.3, -0.25) is 4.57 Å². The molecule has 0 saturated heterocycles. The monoisotopic (exact) mass is 217 g/mol. The van der Waals surface area contributed by atoms with Crippen molar-refractivity contribution in [3.05, 3.63) is 0 Å². The number of hydrogen-bond acceptors (Lipinski definition) is 4.